The van der Waals surface area contributed by atoms with E-state index < -0.39 is 0 Å². The van der Waals surface area contributed by atoms with Crippen LogP contribution in [0.25, 0.3) is 11.0 Å². The molecule has 28 heavy (non-hydrogen) atoms. The lowest BCUT2D eigenvalue weighted by Crippen LogP contribution is -2.17. The van der Waals surface area contributed by atoms with E-state index in [0.717, 1.165) is 29.8 Å². The summed E-state index contributed by atoms with van der Waals surface area (Å²) in [6.45, 7) is 3.40. The molecular weight excluding hydrogens is 394 g/mol. The van der Waals surface area contributed by atoms with Crippen molar-refractivity contribution < 1.29 is 0 Å². The first kappa shape index (κ1) is 18.8. The van der Waals surface area contributed by atoms with Crippen molar-refractivity contribution in [3.05, 3.63) is 75.4 Å². The summed E-state index contributed by atoms with van der Waals surface area (Å²) >= 11 is 7.67. The van der Waals surface area contributed by atoms with Crippen LogP contribution in [0.2, 0.25) is 5.02 Å². The molecule has 0 aliphatic rings. The summed E-state index contributed by atoms with van der Waals surface area (Å²) in [6.07, 6.45) is 0.873. The van der Waals surface area contributed by atoms with Gasteiger partial charge in [0.15, 0.2) is 5.16 Å². The molecule has 0 fully saturated rings. The van der Waals surface area contributed by atoms with Gasteiger partial charge in [0.2, 0.25) is 0 Å². The van der Waals surface area contributed by atoms with Crippen LogP contribution in [-0.2, 0) is 18.8 Å². The third-order valence-electron chi connectivity index (χ3n) is 4.47. The van der Waals surface area contributed by atoms with Crippen LogP contribution in [0.4, 0.5) is 0 Å². The van der Waals surface area contributed by atoms with E-state index in [1.165, 1.54) is 17.3 Å². The number of rotatable bonds is 7. The smallest absolute Gasteiger partial charge is 0.323 e. The zero-order chi connectivity index (χ0) is 19.5. The van der Waals surface area contributed by atoms with Crippen molar-refractivity contribution >= 4 is 34.4 Å². The second kappa shape index (κ2) is 8.24. The zero-order valence-electron chi connectivity index (χ0n) is 15.4. The number of H-pyrrole nitrogens is 1. The van der Waals surface area contributed by atoms with E-state index in [0.29, 0.717) is 22.5 Å². The average molecular weight is 414 g/mol. The van der Waals surface area contributed by atoms with Crippen molar-refractivity contribution in [2.24, 2.45) is 0 Å². The minimum Gasteiger partial charge on any atom is -0.323 e. The number of thioether (sulfide) groups is 1. The van der Waals surface area contributed by atoms with Crippen LogP contribution in [0.3, 0.4) is 0 Å². The van der Waals surface area contributed by atoms with E-state index in [9.17, 15) is 4.79 Å². The van der Waals surface area contributed by atoms with Gasteiger partial charge in [-0.15, -0.1) is 5.10 Å². The Bertz CT molecular complexity index is 1150. The molecule has 0 aliphatic carbocycles. The van der Waals surface area contributed by atoms with Gasteiger partial charge in [0.25, 0.3) is 0 Å². The van der Waals surface area contributed by atoms with Gasteiger partial charge in [-0.2, -0.15) is 0 Å². The minimum atomic E-state index is -0.172. The molecule has 0 aliphatic heterocycles. The number of benzene rings is 2. The summed E-state index contributed by atoms with van der Waals surface area (Å²) in [7, 11) is 0. The van der Waals surface area contributed by atoms with Crippen LogP contribution in [0.15, 0.2) is 58.5 Å². The Kier molecular flexibility index (Phi) is 5.54. The van der Waals surface area contributed by atoms with Crippen LogP contribution in [0.5, 0.6) is 0 Å². The summed E-state index contributed by atoms with van der Waals surface area (Å²) in [5.74, 6) is 1.53. The number of hydrogen-bond acceptors (Lipinski definition) is 4. The lowest BCUT2D eigenvalue weighted by molar-refractivity contribution is 0.603. The summed E-state index contributed by atoms with van der Waals surface area (Å²) in [4.78, 5) is 16.7. The van der Waals surface area contributed by atoms with Crippen LogP contribution in [-0.4, -0.2) is 24.3 Å². The zero-order valence-corrected chi connectivity index (χ0v) is 17.0. The van der Waals surface area contributed by atoms with Gasteiger partial charge in [0.05, 0.1) is 16.8 Å². The van der Waals surface area contributed by atoms with Crippen molar-refractivity contribution in [1.82, 2.24) is 24.3 Å². The van der Waals surface area contributed by atoms with Gasteiger partial charge in [-0.25, -0.2) is 14.9 Å². The van der Waals surface area contributed by atoms with Crippen LogP contribution >= 0.6 is 23.4 Å². The maximum atomic E-state index is 11.9. The molecule has 0 radical (unpaired) electrons. The summed E-state index contributed by atoms with van der Waals surface area (Å²) in [5, 5.41) is 8.05. The number of halogens is 1. The minimum absolute atomic E-state index is 0.172. The molecule has 1 N–H and O–H groups in total. The Morgan fingerprint density at radius 3 is 2.75 bits per heavy atom. The van der Waals surface area contributed by atoms with E-state index in [1.807, 2.05) is 43.3 Å². The van der Waals surface area contributed by atoms with E-state index in [-0.39, 0.29) is 5.69 Å². The molecule has 2 aromatic heterocycles. The average Bonchev–Trinajstić information content (AvgIpc) is 3.21. The van der Waals surface area contributed by atoms with E-state index >= 15 is 0 Å². The van der Waals surface area contributed by atoms with Crippen molar-refractivity contribution in [2.75, 3.05) is 0 Å². The van der Waals surface area contributed by atoms with Gasteiger partial charge >= 0.3 is 5.69 Å². The highest BCUT2D eigenvalue weighted by molar-refractivity contribution is 7.98. The van der Waals surface area contributed by atoms with Gasteiger partial charge in [-0.05, 0) is 30.2 Å². The fourth-order valence-electron chi connectivity index (χ4n) is 3.17. The predicted octanol–water partition coefficient (Wildman–Crippen LogP) is 4.33. The molecule has 0 bridgehead atoms. The number of fused-ring (bicyclic) bond motifs is 1. The fraction of sp³-hybridized carbons (Fsp3) is 0.250. The summed E-state index contributed by atoms with van der Waals surface area (Å²) < 4.78 is 3.87. The Morgan fingerprint density at radius 2 is 1.96 bits per heavy atom. The molecule has 144 valence electrons. The second-order valence-corrected chi connectivity index (χ2v) is 7.86. The molecule has 0 spiro atoms. The highest BCUT2D eigenvalue weighted by Gasteiger charge is 2.15. The molecule has 0 saturated carbocycles. The third-order valence-corrected chi connectivity index (χ3v) is 5.68. The van der Waals surface area contributed by atoms with Crippen molar-refractivity contribution in [3.8, 4) is 0 Å². The number of nitrogens with zero attached hydrogens (tertiary/aromatic N) is 4. The summed E-state index contributed by atoms with van der Waals surface area (Å²) in [5.41, 5.74) is 2.93. The number of nitrogens with one attached hydrogen (secondary N) is 1. The van der Waals surface area contributed by atoms with Crippen molar-refractivity contribution in [2.45, 2.75) is 37.3 Å². The Labute approximate surface area is 171 Å². The Balaban J connectivity index is 1.68. The predicted molar refractivity (Wildman–Crippen MR) is 113 cm³/mol. The maximum Gasteiger partial charge on any atom is 0.343 e. The quantitative estimate of drug-likeness (QED) is 0.458. The molecule has 6 nitrogen and oxygen atoms in total. The molecule has 8 heteroatoms. The lowest BCUT2D eigenvalue weighted by atomic mass is 10.2. The number of imidazole rings is 1. The van der Waals surface area contributed by atoms with Crippen LogP contribution in [0.1, 0.15) is 24.7 Å². The topological polar surface area (TPSA) is 68.5 Å². The molecule has 2 aromatic carbocycles. The van der Waals surface area contributed by atoms with Crippen molar-refractivity contribution in [3.63, 3.8) is 0 Å². The first-order chi connectivity index (χ1) is 13.7. The van der Waals surface area contributed by atoms with Gasteiger partial charge in [-0.3, -0.25) is 4.57 Å². The molecule has 0 saturated heterocycles. The third kappa shape index (κ3) is 3.86. The Morgan fingerprint density at radius 1 is 1.14 bits per heavy atom. The first-order valence-corrected chi connectivity index (χ1v) is 10.5. The van der Waals surface area contributed by atoms with Crippen molar-refractivity contribution in [1.29, 1.82) is 0 Å². The van der Waals surface area contributed by atoms with Gasteiger partial charge < -0.3 is 4.57 Å². The highest BCUT2D eigenvalue weighted by Crippen LogP contribution is 2.26. The molecule has 4 rings (SSSR count). The maximum absolute atomic E-state index is 11.9. The largest absolute Gasteiger partial charge is 0.343 e. The van der Waals surface area contributed by atoms with Gasteiger partial charge in [0.1, 0.15) is 5.82 Å². The monoisotopic (exact) mass is 413 g/mol. The van der Waals surface area contributed by atoms with E-state index in [4.69, 9.17) is 16.6 Å². The van der Waals surface area contributed by atoms with E-state index in [1.54, 1.807) is 4.57 Å². The van der Waals surface area contributed by atoms with Crippen LogP contribution < -0.4 is 5.69 Å². The molecular formula is C20H20ClN5OS. The number of hydrogen-bond donors (Lipinski definition) is 1. The summed E-state index contributed by atoms with van der Waals surface area (Å²) in [6, 6.07) is 16.1. The fourth-order valence-corrected chi connectivity index (χ4v) is 4.25. The second-order valence-electron chi connectivity index (χ2n) is 6.48. The number of aromatic nitrogens is 5. The normalized spacial score (nSPS) is 11.4. The van der Waals surface area contributed by atoms with E-state index in [2.05, 4.69) is 26.9 Å². The molecule has 0 unspecified atom stereocenters. The van der Waals surface area contributed by atoms with Gasteiger partial charge in [0, 0.05) is 18.1 Å². The standard InChI is InChI=1S/C20H20ClN5OS/c1-2-10-25-19(27)23-24-20(25)28-13-18-22-16-11-15(21)8-9-17(16)26(18)12-14-6-4-3-5-7-14/h3-9,11H,2,10,12-13H2,1H3,(H,23,27). The molecule has 4 aromatic rings. The molecule has 2 heterocycles. The lowest BCUT2D eigenvalue weighted by Gasteiger charge is -2.10. The van der Waals surface area contributed by atoms with Gasteiger partial charge in [-0.1, -0.05) is 60.6 Å². The SMILES string of the molecule is CCCn1c(SCc2nc3cc(Cl)ccc3n2Cc2ccccc2)n[nH]c1=O. The number of aromatic amines is 1. The highest BCUT2D eigenvalue weighted by atomic mass is 35.5. The molecule has 0 atom stereocenters. The first-order valence-electron chi connectivity index (χ1n) is 9.12. The molecule has 0 amide bonds. The Hall–Kier alpha value is -2.51. The van der Waals surface area contributed by atoms with Crippen LogP contribution in [0, 0.1) is 0 Å².